The molecule has 2 aliphatic heterocycles. The molecule has 11 heteroatoms. The maximum absolute atomic E-state index is 14.5. The Bertz CT molecular complexity index is 1250. The molecule has 2 heterocycles. The number of hydrogen-bond donors (Lipinski definition) is 1. The number of nitrogens with zero attached hydrogens (tertiary/aromatic N) is 1. The van der Waals surface area contributed by atoms with Gasteiger partial charge in [0.25, 0.3) is 0 Å². The summed E-state index contributed by atoms with van der Waals surface area (Å²) < 4.78 is 86.6. The van der Waals surface area contributed by atoms with Gasteiger partial charge in [0.05, 0.1) is 23.5 Å². The largest absolute Gasteiger partial charge is 0.407 e. The molecule has 2 aromatic carbocycles. The van der Waals surface area contributed by atoms with E-state index in [1.165, 1.54) is 47.4 Å². The van der Waals surface area contributed by atoms with Gasteiger partial charge in [-0.1, -0.05) is 44.2 Å². The Morgan fingerprint density at radius 1 is 1.13 bits per heavy atom. The second-order valence-corrected chi connectivity index (χ2v) is 12.5. The summed E-state index contributed by atoms with van der Waals surface area (Å²) in [6, 6.07) is 7.93. The molecule has 0 spiro atoms. The maximum Gasteiger partial charge on any atom is 0.407 e. The van der Waals surface area contributed by atoms with Crippen molar-refractivity contribution in [1.82, 2.24) is 10.2 Å². The van der Waals surface area contributed by atoms with Crippen molar-refractivity contribution in [3.63, 3.8) is 0 Å². The first-order chi connectivity index (χ1) is 17.8. The first-order valence-electron chi connectivity index (χ1n) is 12.5. The van der Waals surface area contributed by atoms with Crippen molar-refractivity contribution in [3.05, 3.63) is 54.1 Å². The molecular weight excluding hydrogens is 524 g/mol. The summed E-state index contributed by atoms with van der Waals surface area (Å²) in [4.78, 5) is 14.9. The van der Waals surface area contributed by atoms with Crippen LogP contribution < -0.4 is 5.32 Å². The van der Waals surface area contributed by atoms with Crippen LogP contribution in [0.15, 0.2) is 53.4 Å². The monoisotopic (exact) mass is 556 g/mol. The zero-order valence-electron chi connectivity index (χ0n) is 21.4. The van der Waals surface area contributed by atoms with Crippen LogP contribution in [0, 0.1) is 5.92 Å². The van der Waals surface area contributed by atoms with Crippen LogP contribution >= 0.6 is 0 Å². The predicted octanol–water partition coefficient (Wildman–Crippen LogP) is 4.70. The molecule has 0 aliphatic carbocycles. The minimum atomic E-state index is -4.72. The Kier molecular flexibility index (Phi) is 8.20. The highest BCUT2D eigenvalue weighted by Gasteiger charge is 2.50. The molecule has 0 saturated carbocycles. The minimum absolute atomic E-state index is 0.0874. The number of carbonyl (C=O) groups excluding carboxylic acids is 1. The zero-order valence-corrected chi connectivity index (χ0v) is 22.2. The summed E-state index contributed by atoms with van der Waals surface area (Å²) in [5.41, 5.74) is 0.931. The van der Waals surface area contributed by atoms with Crippen molar-refractivity contribution < 1.29 is 35.5 Å². The summed E-state index contributed by atoms with van der Waals surface area (Å²) >= 11 is 0. The second-order valence-electron chi connectivity index (χ2n) is 10.4. The molecule has 1 amide bonds. The molecule has 1 N–H and O–H groups in total. The SMILES string of the molecule is CC(C)CC(NC(c1cccc(-c2ccc(S(C)(=O)=O)cc2)c1)C(F)(F)F)C(=O)N1C[C@H](F)[C@H]2OCC[C@H]21. The molecule has 2 saturated heterocycles. The van der Waals surface area contributed by atoms with Gasteiger partial charge in [0.1, 0.15) is 18.3 Å². The molecule has 0 aromatic heterocycles. The third-order valence-electron chi connectivity index (χ3n) is 7.05. The lowest BCUT2D eigenvalue weighted by atomic mass is 9.96. The van der Waals surface area contributed by atoms with Gasteiger partial charge in [-0.25, -0.2) is 12.8 Å². The number of benzene rings is 2. The van der Waals surface area contributed by atoms with Gasteiger partial charge in [-0.15, -0.1) is 0 Å². The van der Waals surface area contributed by atoms with E-state index < -0.39 is 52.3 Å². The summed E-state index contributed by atoms with van der Waals surface area (Å²) in [5, 5.41) is 2.56. The Balaban J connectivity index is 1.63. The number of alkyl halides is 4. The van der Waals surface area contributed by atoms with E-state index in [1.54, 1.807) is 6.07 Å². The fourth-order valence-electron chi connectivity index (χ4n) is 5.24. The normalized spacial score (nSPS) is 23.5. The van der Waals surface area contributed by atoms with Crippen LogP contribution in [0.25, 0.3) is 11.1 Å². The molecule has 208 valence electrons. The average molecular weight is 557 g/mol. The summed E-state index contributed by atoms with van der Waals surface area (Å²) in [7, 11) is -3.42. The van der Waals surface area contributed by atoms with E-state index in [0.717, 1.165) is 6.26 Å². The lowest BCUT2D eigenvalue weighted by Crippen LogP contribution is -2.52. The van der Waals surface area contributed by atoms with E-state index in [9.17, 15) is 30.8 Å². The predicted molar refractivity (Wildman–Crippen MR) is 135 cm³/mol. The van der Waals surface area contributed by atoms with Crippen LogP contribution in [-0.2, 0) is 19.4 Å². The molecule has 6 nitrogen and oxygen atoms in total. The van der Waals surface area contributed by atoms with Gasteiger partial charge in [-0.2, -0.15) is 13.2 Å². The zero-order chi connectivity index (χ0) is 27.8. The standard InChI is InChI=1S/C27H32F4N2O4S/c1-16(2)13-22(26(34)33-15-21(28)24-23(33)11-12-37-24)32-25(27(29,30)31)19-6-4-5-18(14-19)17-7-9-20(10-8-17)38(3,35)36/h4-10,14,16,21-25,32H,11-13,15H2,1-3H3/t21-,22?,23+,24+,25?/m0/s1. The number of nitrogens with one attached hydrogen (secondary N) is 1. The highest BCUT2D eigenvalue weighted by molar-refractivity contribution is 7.90. The molecule has 2 aliphatic rings. The van der Waals surface area contributed by atoms with E-state index in [-0.39, 0.29) is 29.3 Å². The average Bonchev–Trinajstić information content (AvgIpc) is 3.44. The molecule has 2 fully saturated rings. The van der Waals surface area contributed by atoms with Gasteiger partial charge in [0.2, 0.25) is 5.91 Å². The molecule has 4 rings (SSSR count). The molecule has 0 bridgehead atoms. The first kappa shape index (κ1) is 28.5. The number of halogens is 4. The number of sulfone groups is 1. The minimum Gasteiger partial charge on any atom is -0.373 e. The quantitative estimate of drug-likeness (QED) is 0.477. The number of amides is 1. The number of rotatable bonds is 8. The smallest absolute Gasteiger partial charge is 0.373 e. The Morgan fingerprint density at radius 3 is 2.42 bits per heavy atom. The van der Waals surface area contributed by atoms with Crippen molar-refractivity contribution in [1.29, 1.82) is 0 Å². The number of carbonyl (C=O) groups is 1. The second kappa shape index (κ2) is 10.9. The van der Waals surface area contributed by atoms with Crippen LogP contribution in [0.3, 0.4) is 0 Å². The lowest BCUT2D eigenvalue weighted by molar-refractivity contribution is -0.162. The van der Waals surface area contributed by atoms with E-state index in [4.69, 9.17) is 4.74 Å². The van der Waals surface area contributed by atoms with Crippen molar-refractivity contribution >= 4 is 15.7 Å². The third-order valence-corrected chi connectivity index (χ3v) is 8.18. The van der Waals surface area contributed by atoms with E-state index in [0.29, 0.717) is 24.2 Å². The number of hydrogen-bond acceptors (Lipinski definition) is 5. The number of ether oxygens (including phenoxy) is 1. The highest BCUT2D eigenvalue weighted by Crippen LogP contribution is 2.37. The van der Waals surface area contributed by atoms with Crippen LogP contribution in [0.2, 0.25) is 0 Å². The van der Waals surface area contributed by atoms with E-state index in [2.05, 4.69) is 5.32 Å². The van der Waals surface area contributed by atoms with Crippen LogP contribution in [0.4, 0.5) is 17.6 Å². The Hall–Kier alpha value is -2.50. The van der Waals surface area contributed by atoms with Crippen molar-refractivity contribution in [2.45, 2.75) is 68.2 Å². The first-order valence-corrected chi connectivity index (χ1v) is 14.4. The van der Waals surface area contributed by atoms with Gasteiger partial charge in [-0.05, 0) is 53.6 Å². The van der Waals surface area contributed by atoms with Gasteiger partial charge in [-0.3, -0.25) is 10.1 Å². The fourth-order valence-corrected chi connectivity index (χ4v) is 5.87. The topological polar surface area (TPSA) is 75.7 Å². The van der Waals surface area contributed by atoms with Gasteiger partial charge >= 0.3 is 6.18 Å². The van der Waals surface area contributed by atoms with Crippen LogP contribution in [0.5, 0.6) is 0 Å². The summed E-state index contributed by atoms with van der Waals surface area (Å²) in [6.45, 7) is 3.74. The lowest BCUT2D eigenvalue weighted by Gasteiger charge is -2.32. The van der Waals surface area contributed by atoms with Gasteiger partial charge < -0.3 is 9.64 Å². The summed E-state index contributed by atoms with van der Waals surface area (Å²) in [5.74, 6) is -0.648. The fraction of sp³-hybridized carbons (Fsp3) is 0.519. The molecule has 2 unspecified atom stereocenters. The molecule has 0 radical (unpaired) electrons. The number of fused-ring (bicyclic) bond motifs is 1. The highest BCUT2D eigenvalue weighted by atomic mass is 32.2. The summed E-state index contributed by atoms with van der Waals surface area (Å²) in [6.07, 6.45) is -5.15. The van der Waals surface area contributed by atoms with Crippen molar-refractivity contribution in [3.8, 4) is 11.1 Å². The maximum atomic E-state index is 14.5. The van der Waals surface area contributed by atoms with E-state index >= 15 is 0 Å². The van der Waals surface area contributed by atoms with Crippen LogP contribution in [-0.4, -0.2) is 69.2 Å². The Morgan fingerprint density at radius 2 is 1.82 bits per heavy atom. The number of likely N-dealkylation sites (tertiary alicyclic amines) is 1. The van der Waals surface area contributed by atoms with Gasteiger partial charge in [0.15, 0.2) is 9.84 Å². The molecule has 38 heavy (non-hydrogen) atoms. The molecular formula is C27H32F4N2O4S. The van der Waals surface area contributed by atoms with Crippen molar-refractivity contribution in [2.75, 3.05) is 19.4 Å². The van der Waals surface area contributed by atoms with E-state index in [1.807, 2.05) is 13.8 Å². The Labute approximate surface area is 220 Å². The third kappa shape index (κ3) is 6.21. The van der Waals surface area contributed by atoms with Gasteiger partial charge in [0, 0.05) is 12.9 Å². The molecule has 5 atom stereocenters. The van der Waals surface area contributed by atoms with Crippen LogP contribution in [0.1, 0.15) is 38.3 Å². The van der Waals surface area contributed by atoms with Crippen molar-refractivity contribution in [2.24, 2.45) is 5.92 Å². The molecule has 2 aromatic rings.